The van der Waals surface area contributed by atoms with Crippen molar-refractivity contribution in [3.63, 3.8) is 0 Å². The molecule has 27 heavy (non-hydrogen) atoms. The Kier molecular flexibility index (Phi) is 3.68. The highest BCUT2D eigenvalue weighted by Crippen LogP contribution is 2.31. The van der Waals surface area contributed by atoms with Gasteiger partial charge < -0.3 is 0 Å². The molecule has 0 bridgehead atoms. The lowest BCUT2D eigenvalue weighted by atomic mass is 10.1. The quantitative estimate of drug-likeness (QED) is 0.460. The van der Waals surface area contributed by atoms with Crippen LogP contribution in [-0.2, 0) is 6.54 Å². The average molecular weight is 350 g/mol. The van der Waals surface area contributed by atoms with Gasteiger partial charge in [-0.1, -0.05) is 83.6 Å². The summed E-state index contributed by atoms with van der Waals surface area (Å²) < 4.78 is 1.98. The molecule has 2 aromatic heterocycles. The number of aryl methyl sites for hydroxylation is 1. The summed E-state index contributed by atoms with van der Waals surface area (Å²) in [5, 5.41) is 10.1. The molecule has 5 aromatic rings. The summed E-state index contributed by atoms with van der Waals surface area (Å²) in [7, 11) is 0. The Labute approximate surface area is 157 Å². The number of hydrogen-bond acceptors (Lipinski definition) is 3. The van der Waals surface area contributed by atoms with Crippen molar-refractivity contribution < 1.29 is 0 Å². The third-order valence-corrected chi connectivity index (χ3v) is 4.85. The molecule has 3 aromatic carbocycles. The third-order valence-electron chi connectivity index (χ3n) is 4.85. The standard InChI is InChI=1S/C23H18N4/c1-16-11-13-18(14-12-16)21-22-23(19-9-5-6-10-20(19)24-21)27(26-25-22)15-17-7-3-2-4-8-17/h2-14H,15H2,1H3. The highest BCUT2D eigenvalue weighted by Gasteiger charge is 2.16. The molecule has 0 saturated heterocycles. The van der Waals surface area contributed by atoms with Crippen LogP contribution >= 0.6 is 0 Å². The van der Waals surface area contributed by atoms with Crippen LogP contribution in [0.4, 0.5) is 0 Å². The molecule has 0 atom stereocenters. The van der Waals surface area contributed by atoms with Crippen LogP contribution in [0.25, 0.3) is 33.2 Å². The van der Waals surface area contributed by atoms with Gasteiger partial charge in [-0.2, -0.15) is 0 Å². The molecule has 0 unspecified atom stereocenters. The van der Waals surface area contributed by atoms with Crippen LogP contribution in [0.1, 0.15) is 11.1 Å². The van der Waals surface area contributed by atoms with E-state index in [0.717, 1.165) is 33.2 Å². The summed E-state index contributed by atoms with van der Waals surface area (Å²) in [4.78, 5) is 4.91. The maximum absolute atomic E-state index is 4.91. The minimum absolute atomic E-state index is 0.679. The van der Waals surface area contributed by atoms with Gasteiger partial charge in [0, 0.05) is 10.9 Å². The Hall–Kier alpha value is -3.53. The van der Waals surface area contributed by atoms with Crippen LogP contribution < -0.4 is 0 Å². The predicted octanol–water partition coefficient (Wildman–Crippen LogP) is 5.00. The number of fused-ring (bicyclic) bond motifs is 3. The van der Waals surface area contributed by atoms with Gasteiger partial charge in [0.2, 0.25) is 0 Å². The zero-order valence-corrected chi connectivity index (χ0v) is 15.0. The van der Waals surface area contributed by atoms with Crippen molar-refractivity contribution >= 4 is 21.9 Å². The summed E-state index contributed by atoms with van der Waals surface area (Å²) in [6.45, 7) is 2.77. The lowest BCUT2D eigenvalue weighted by molar-refractivity contribution is 0.671. The molecule has 0 amide bonds. The molecular formula is C23H18N4. The summed E-state index contributed by atoms with van der Waals surface area (Å²) >= 11 is 0. The zero-order valence-electron chi connectivity index (χ0n) is 15.0. The SMILES string of the molecule is Cc1ccc(-c2nc3ccccc3c3c2nnn3Cc2ccccc2)cc1. The summed E-state index contributed by atoms with van der Waals surface area (Å²) in [6, 6.07) is 26.9. The molecule has 4 heteroatoms. The summed E-state index contributed by atoms with van der Waals surface area (Å²) in [6.07, 6.45) is 0. The minimum atomic E-state index is 0.679. The van der Waals surface area contributed by atoms with E-state index in [2.05, 4.69) is 59.7 Å². The monoisotopic (exact) mass is 350 g/mol. The molecule has 130 valence electrons. The van der Waals surface area contributed by atoms with Gasteiger partial charge in [0.25, 0.3) is 0 Å². The predicted molar refractivity (Wildman–Crippen MR) is 109 cm³/mol. The number of para-hydroxylation sites is 1. The van der Waals surface area contributed by atoms with E-state index in [1.54, 1.807) is 0 Å². The smallest absolute Gasteiger partial charge is 0.140 e. The molecule has 0 saturated carbocycles. The Bertz CT molecular complexity index is 1240. The summed E-state index contributed by atoms with van der Waals surface area (Å²) in [5.41, 5.74) is 7.18. The normalized spacial score (nSPS) is 11.3. The fourth-order valence-electron chi connectivity index (χ4n) is 3.46. The fourth-order valence-corrected chi connectivity index (χ4v) is 3.46. The van der Waals surface area contributed by atoms with E-state index in [9.17, 15) is 0 Å². The molecule has 0 aliphatic heterocycles. The van der Waals surface area contributed by atoms with Crippen LogP contribution in [0.2, 0.25) is 0 Å². The molecule has 0 fully saturated rings. The van der Waals surface area contributed by atoms with E-state index in [4.69, 9.17) is 4.98 Å². The second-order valence-corrected chi connectivity index (χ2v) is 6.77. The van der Waals surface area contributed by atoms with Crippen molar-refractivity contribution in [3.05, 3.63) is 90.0 Å². The second kappa shape index (κ2) is 6.32. The van der Waals surface area contributed by atoms with Gasteiger partial charge in [-0.3, -0.25) is 0 Å². The Balaban J connectivity index is 1.78. The zero-order chi connectivity index (χ0) is 18.2. The first-order valence-corrected chi connectivity index (χ1v) is 9.02. The molecule has 0 aliphatic rings. The number of nitrogens with zero attached hydrogens (tertiary/aromatic N) is 4. The molecule has 0 aliphatic carbocycles. The van der Waals surface area contributed by atoms with E-state index in [1.807, 2.05) is 41.1 Å². The Morgan fingerprint density at radius 3 is 2.37 bits per heavy atom. The molecule has 0 radical (unpaired) electrons. The number of hydrogen-bond donors (Lipinski definition) is 0. The summed E-state index contributed by atoms with van der Waals surface area (Å²) in [5.74, 6) is 0. The average Bonchev–Trinajstić information content (AvgIpc) is 3.13. The van der Waals surface area contributed by atoms with Gasteiger partial charge in [-0.15, -0.1) is 5.10 Å². The van der Waals surface area contributed by atoms with Crippen LogP contribution in [0, 0.1) is 6.92 Å². The van der Waals surface area contributed by atoms with Crippen molar-refractivity contribution in [3.8, 4) is 11.3 Å². The highest BCUT2D eigenvalue weighted by molar-refractivity contribution is 6.07. The fraction of sp³-hybridized carbons (Fsp3) is 0.0870. The van der Waals surface area contributed by atoms with Crippen molar-refractivity contribution in [2.75, 3.05) is 0 Å². The van der Waals surface area contributed by atoms with E-state index < -0.39 is 0 Å². The third kappa shape index (κ3) is 2.75. The van der Waals surface area contributed by atoms with Crippen molar-refractivity contribution in [1.82, 2.24) is 20.0 Å². The highest BCUT2D eigenvalue weighted by atomic mass is 15.4. The van der Waals surface area contributed by atoms with E-state index in [-0.39, 0.29) is 0 Å². The van der Waals surface area contributed by atoms with Crippen molar-refractivity contribution in [2.24, 2.45) is 0 Å². The topological polar surface area (TPSA) is 43.6 Å². The molecule has 0 spiro atoms. The number of benzene rings is 3. The van der Waals surface area contributed by atoms with Crippen LogP contribution in [0.3, 0.4) is 0 Å². The van der Waals surface area contributed by atoms with Gasteiger partial charge >= 0.3 is 0 Å². The first kappa shape index (κ1) is 15.7. The maximum Gasteiger partial charge on any atom is 0.140 e. The van der Waals surface area contributed by atoms with Gasteiger partial charge in [0.15, 0.2) is 0 Å². The molecule has 0 N–H and O–H groups in total. The minimum Gasteiger partial charge on any atom is -0.245 e. The van der Waals surface area contributed by atoms with E-state index in [0.29, 0.717) is 6.54 Å². The first-order valence-electron chi connectivity index (χ1n) is 9.02. The van der Waals surface area contributed by atoms with Gasteiger partial charge in [0.05, 0.1) is 12.1 Å². The van der Waals surface area contributed by atoms with Gasteiger partial charge in [0.1, 0.15) is 16.7 Å². The molecular weight excluding hydrogens is 332 g/mol. The maximum atomic E-state index is 4.91. The van der Waals surface area contributed by atoms with Gasteiger partial charge in [-0.05, 0) is 18.6 Å². The lowest BCUT2D eigenvalue weighted by Crippen LogP contribution is -2.02. The van der Waals surface area contributed by atoms with Crippen LogP contribution in [0.5, 0.6) is 0 Å². The van der Waals surface area contributed by atoms with Gasteiger partial charge in [-0.25, -0.2) is 9.67 Å². The van der Waals surface area contributed by atoms with Crippen LogP contribution in [-0.4, -0.2) is 20.0 Å². The van der Waals surface area contributed by atoms with Crippen molar-refractivity contribution in [1.29, 1.82) is 0 Å². The van der Waals surface area contributed by atoms with Crippen molar-refractivity contribution in [2.45, 2.75) is 13.5 Å². The molecule has 4 nitrogen and oxygen atoms in total. The number of pyridine rings is 1. The Morgan fingerprint density at radius 1 is 0.815 bits per heavy atom. The largest absolute Gasteiger partial charge is 0.245 e. The molecule has 2 heterocycles. The number of rotatable bonds is 3. The number of aromatic nitrogens is 4. The first-order chi connectivity index (χ1) is 13.3. The van der Waals surface area contributed by atoms with E-state index in [1.165, 1.54) is 11.1 Å². The van der Waals surface area contributed by atoms with Crippen LogP contribution in [0.15, 0.2) is 78.9 Å². The Morgan fingerprint density at radius 2 is 1.56 bits per heavy atom. The van der Waals surface area contributed by atoms with E-state index >= 15 is 0 Å². The second-order valence-electron chi connectivity index (χ2n) is 6.77. The molecule has 5 rings (SSSR count). The lowest BCUT2D eigenvalue weighted by Gasteiger charge is -2.08.